The molecule has 0 spiro atoms. The van der Waals surface area contributed by atoms with Crippen LogP contribution in [0.15, 0.2) is 36.5 Å². The summed E-state index contributed by atoms with van der Waals surface area (Å²) in [5.74, 6) is 7.16. The molecule has 2 rings (SSSR count). The molecule has 106 valence electrons. The van der Waals surface area contributed by atoms with Crippen molar-refractivity contribution in [3.63, 3.8) is 0 Å². The smallest absolute Gasteiger partial charge is 0.127 e. The fraction of sp³-hybridized carbons (Fsp3) is 0.267. The van der Waals surface area contributed by atoms with Crippen molar-refractivity contribution < 1.29 is 9.47 Å². The predicted octanol–water partition coefficient (Wildman–Crippen LogP) is 1.96. The van der Waals surface area contributed by atoms with E-state index in [1.807, 2.05) is 37.3 Å². The highest BCUT2D eigenvalue weighted by molar-refractivity contribution is 5.45. The van der Waals surface area contributed by atoms with Crippen molar-refractivity contribution in [1.29, 1.82) is 0 Å². The van der Waals surface area contributed by atoms with Gasteiger partial charge in [-0.2, -0.15) is 0 Å². The summed E-state index contributed by atoms with van der Waals surface area (Å²) in [5.41, 5.74) is 5.66. The first-order chi connectivity index (χ1) is 9.71. The van der Waals surface area contributed by atoms with Crippen molar-refractivity contribution >= 4 is 0 Å². The molecule has 5 nitrogen and oxygen atoms in total. The number of ether oxygens (including phenoxy) is 2. The molecule has 0 bridgehead atoms. The van der Waals surface area contributed by atoms with Gasteiger partial charge in [0.1, 0.15) is 11.5 Å². The number of aryl methyl sites for hydroxylation is 1. The van der Waals surface area contributed by atoms with Crippen molar-refractivity contribution in [1.82, 2.24) is 10.4 Å². The maximum Gasteiger partial charge on any atom is 0.127 e. The summed E-state index contributed by atoms with van der Waals surface area (Å²) >= 11 is 0. The maximum absolute atomic E-state index is 5.72. The summed E-state index contributed by atoms with van der Waals surface area (Å²) < 4.78 is 10.6. The number of hydrazine groups is 1. The summed E-state index contributed by atoms with van der Waals surface area (Å²) in [7, 11) is 3.24. The second kappa shape index (κ2) is 6.36. The lowest BCUT2D eigenvalue weighted by atomic mass is 9.99. The molecule has 1 unspecified atom stereocenters. The number of hydrogen-bond acceptors (Lipinski definition) is 5. The molecule has 1 aromatic carbocycles. The molecule has 0 fully saturated rings. The van der Waals surface area contributed by atoms with Crippen molar-refractivity contribution in [3.8, 4) is 11.5 Å². The van der Waals surface area contributed by atoms with Gasteiger partial charge in [0, 0.05) is 17.8 Å². The molecule has 2 aromatic rings. The quantitative estimate of drug-likeness (QED) is 0.644. The Kier molecular flexibility index (Phi) is 4.55. The third kappa shape index (κ3) is 2.74. The van der Waals surface area contributed by atoms with Gasteiger partial charge in [0.25, 0.3) is 0 Å². The largest absolute Gasteiger partial charge is 0.497 e. The van der Waals surface area contributed by atoms with E-state index < -0.39 is 0 Å². The zero-order chi connectivity index (χ0) is 14.5. The normalized spacial score (nSPS) is 12.0. The standard InChI is InChI=1S/C15H19N3O2/c1-10-5-4-8-17-14(10)15(18-16)12-7-6-11(19-2)9-13(12)20-3/h4-9,15,18H,16H2,1-3H3. The molecule has 3 N–H and O–H groups in total. The van der Waals surface area contributed by atoms with E-state index in [2.05, 4.69) is 10.4 Å². The van der Waals surface area contributed by atoms with E-state index in [4.69, 9.17) is 15.3 Å². The predicted molar refractivity (Wildman–Crippen MR) is 77.7 cm³/mol. The average molecular weight is 273 g/mol. The average Bonchev–Trinajstić information content (AvgIpc) is 2.50. The zero-order valence-electron chi connectivity index (χ0n) is 11.9. The summed E-state index contributed by atoms with van der Waals surface area (Å²) in [6.45, 7) is 2.00. The Labute approximate surface area is 118 Å². The van der Waals surface area contributed by atoms with E-state index in [9.17, 15) is 0 Å². The van der Waals surface area contributed by atoms with E-state index in [1.165, 1.54) is 0 Å². The van der Waals surface area contributed by atoms with Crippen LogP contribution in [0.1, 0.15) is 22.9 Å². The van der Waals surface area contributed by atoms with Crippen molar-refractivity contribution in [2.75, 3.05) is 14.2 Å². The van der Waals surface area contributed by atoms with Crippen LogP contribution in [0.3, 0.4) is 0 Å². The van der Waals surface area contributed by atoms with Crippen LogP contribution in [-0.2, 0) is 0 Å². The number of nitrogens with two attached hydrogens (primary N) is 1. The molecule has 1 atom stereocenters. The molecule has 0 saturated heterocycles. The molecule has 1 heterocycles. The van der Waals surface area contributed by atoms with Gasteiger partial charge in [0.2, 0.25) is 0 Å². The Balaban J connectivity index is 2.49. The molecular formula is C15H19N3O2. The van der Waals surface area contributed by atoms with Crippen LogP contribution in [-0.4, -0.2) is 19.2 Å². The van der Waals surface area contributed by atoms with Crippen LogP contribution in [0.4, 0.5) is 0 Å². The first-order valence-corrected chi connectivity index (χ1v) is 6.30. The van der Waals surface area contributed by atoms with E-state index in [-0.39, 0.29) is 6.04 Å². The Morgan fingerprint density at radius 1 is 1.20 bits per heavy atom. The molecular weight excluding hydrogens is 254 g/mol. The summed E-state index contributed by atoms with van der Waals surface area (Å²) in [6, 6.07) is 9.30. The van der Waals surface area contributed by atoms with Gasteiger partial charge in [0.15, 0.2) is 0 Å². The topological polar surface area (TPSA) is 69.4 Å². The van der Waals surface area contributed by atoms with Crippen LogP contribution >= 0.6 is 0 Å². The second-order valence-corrected chi connectivity index (χ2v) is 4.41. The number of hydrogen-bond donors (Lipinski definition) is 2. The van der Waals surface area contributed by atoms with Crippen LogP contribution < -0.4 is 20.7 Å². The van der Waals surface area contributed by atoms with Gasteiger partial charge >= 0.3 is 0 Å². The minimum absolute atomic E-state index is 0.239. The van der Waals surface area contributed by atoms with E-state index >= 15 is 0 Å². The lowest BCUT2D eigenvalue weighted by Gasteiger charge is -2.20. The summed E-state index contributed by atoms with van der Waals surface area (Å²) in [4.78, 5) is 4.41. The molecule has 0 saturated carbocycles. The van der Waals surface area contributed by atoms with Crippen molar-refractivity contribution in [3.05, 3.63) is 53.3 Å². The van der Waals surface area contributed by atoms with Crippen LogP contribution in [0.5, 0.6) is 11.5 Å². The minimum Gasteiger partial charge on any atom is -0.497 e. The third-order valence-electron chi connectivity index (χ3n) is 3.24. The molecule has 0 aliphatic carbocycles. The van der Waals surface area contributed by atoms with Gasteiger partial charge in [-0.25, -0.2) is 5.43 Å². The SMILES string of the molecule is COc1ccc(C(NN)c2ncccc2C)c(OC)c1. The number of aromatic nitrogens is 1. The van der Waals surface area contributed by atoms with E-state index in [0.29, 0.717) is 5.75 Å². The van der Waals surface area contributed by atoms with E-state index in [1.54, 1.807) is 20.4 Å². The molecule has 0 aliphatic heterocycles. The van der Waals surface area contributed by atoms with Gasteiger partial charge in [-0.15, -0.1) is 0 Å². The number of benzene rings is 1. The fourth-order valence-electron chi connectivity index (χ4n) is 2.17. The zero-order valence-corrected chi connectivity index (χ0v) is 11.9. The maximum atomic E-state index is 5.72. The molecule has 20 heavy (non-hydrogen) atoms. The highest BCUT2D eigenvalue weighted by Crippen LogP contribution is 2.32. The molecule has 0 radical (unpaired) electrons. The van der Waals surface area contributed by atoms with Crippen molar-refractivity contribution in [2.45, 2.75) is 13.0 Å². The monoisotopic (exact) mass is 273 g/mol. The van der Waals surface area contributed by atoms with E-state index in [0.717, 1.165) is 22.6 Å². The first-order valence-electron chi connectivity index (χ1n) is 6.30. The molecule has 0 aliphatic rings. The fourth-order valence-corrected chi connectivity index (χ4v) is 2.17. The second-order valence-electron chi connectivity index (χ2n) is 4.41. The number of pyridine rings is 1. The van der Waals surface area contributed by atoms with Gasteiger partial charge in [-0.3, -0.25) is 10.8 Å². The summed E-state index contributed by atoms with van der Waals surface area (Å²) in [5, 5.41) is 0. The molecule has 0 amide bonds. The van der Waals surface area contributed by atoms with Gasteiger partial charge in [0.05, 0.1) is 26.0 Å². The highest BCUT2D eigenvalue weighted by atomic mass is 16.5. The Morgan fingerprint density at radius 3 is 2.60 bits per heavy atom. The Morgan fingerprint density at radius 2 is 2.00 bits per heavy atom. The lowest BCUT2D eigenvalue weighted by molar-refractivity contribution is 0.387. The minimum atomic E-state index is -0.239. The highest BCUT2D eigenvalue weighted by Gasteiger charge is 2.20. The van der Waals surface area contributed by atoms with Gasteiger partial charge in [-0.05, 0) is 30.7 Å². The number of nitrogens with one attached hydrogen (secondary N) is 1. The van der Waals surface area contributed by atoms with Crippen molar-refractivity contribution in [2.24, 2.45) is 5.84 Å². The Hall–Kier alpha value is -2.11. The van der Waals surface area contributed by atoms with Crippen LogP contribution in [0.2, 0.25) is 0 Å². The first kappa shape index (κ1) is 14.3. The number of methoxy groups -OCH3 is 2. The Bertz CT molecular complexity index is 587. The summed E-state index contributed by atoms with van der Waals surface area (Å²) in [6.07, 6.45) is 1.75. The van der Waals surface area contributed by atoms with Gasteiger partial charge < -0.3 is 9.47 Å². The number of nitrogens with zero attached hydrogens (tertiary/aromatic N) is 1. The number of rotatable bonds is 5. The molecule has 5 heteroatoms. The lowest BCUT2D eigenvalue weighted by Crippen LogP contribution is -2.30. The van der Waals surface area contributed by atoms with Crippen LogP contribution in [0.25, 0.3) is 0 Å². The third-order valence-corrected chi connectivity index (χ3v) is 3.24. The van der Waals surface area contributed by atoms with Crippen LogP contribution in [0, 0.1) is 6.92 Å². The van der Waals surface area contributed by atoms with Gasteiger partial charge in [-0.1, -0.05) is 6.07 Å². The molecule has 1 aromatic heterocycles.